The number of ether oxygens (including phenoxy) is 1. The number of carbonyl (C=O) groups excluding carboxylic acids is 1. The number of fused-ring (bicyclic) bond motifs is 2. The van der Waals surface area contributed by atoms with Gasteiger partial charge in [-0.3, -0.25) is 4.79 Å². The van der Waals surface area contributed by atoms with Gasteiger partial charge < -0.3 is 15.0 Å². The zero-order valence-electron chi connectivity index (χ0n) is 12.3. The number of benzene rings is 1. The van der Waals surface area contributed by atoms with E-state index < -0.39 is 0 Å². The maximum Gasteiger partial charge on any atom is 0.273 e. The van der Waals surface area contributed by atoms with Crippen LogP contribution >= 0.6 is 0 Å². The molecule has 0 saturated heterocycles. The third-order valence-electron chi connectivity index (χ3n) is 3.61. The number of nitrogens with one attached hydrogen (secondary N) is 2. The zero-order chi connectivity index (χ0) is 15.8. The number of rotatable bonds is 3. The number of anilines is 1. The van der Waals surface area contributed by atoms with Gasteiger partial charge in [-0.25, -0.2) is 4.98 Å². The maximum absolute atomic E-state index is 12.5. The minimum Gasteiger partial charge on any atom is -0.497 e. The average molecular weight is 307 g/mol. The number of hydrogen-bond acceptors (Lipinski definition) is 4. The van der Waals surface area contributed by atoms with Crippen LogP contribution in [0.2, 0.25) is 0 Å². The predicted molar refractivity (Wildman–Crippen MR) is 85.8 cm³/mol. The van der Waals surface area contributed by atoms with E-state index in [0.717, 1.165) is 16.7 Å². The molecule has 7 heteroatoms. The highest BCUT2D eigenvalue weighted by molar-refractivity contribution is 6.05. The molecule has 7 nitrogen and oxygen atoms in total. The maximum atomic E-state index is 12.5. The minimum absolute atomic E-state index is 0.247. The lowest BCUT2D eigenvalue weighted by atomic mass is 10.2. The van der Waals surface area contributed by atoms with Crippen molar-refractivity contribution >= 4 is 28.3 Å². The van der Waals surface area contributed by atoms with Crippen molar-refractivity contribution in [3.63, 3.8) is 0 Å². The molecule has 3 heterocycles. The van der Waals surface area contributed by atoms with Crippen molar-refractivity contribution in [3.05, 3.63) is 54.5 Å². The molecule has 0 aliphatic rings. The molecule has 0 spiro atoms. The summed E-state index contributed by atoms with van der Waals surface area (Å²) in [6.07, 6.45) is 3.26. The van der Waals surface area contributed by atoms with Crippen molar-refractivity contribution in [1.82, 2.24) is 19.6 Å². The van der Waals surface area contributed by atoms with Crippen molar-refractivity contribution < 1.29 is 9.53 Å². The summed E-state index contributed by atoms with van der Waals surface area (Å²) < 4.78 is 6.76. The number of carbonyl (C=O) groups is 1. The van der Waals surface area contributed by atoms with E-state index in [1.165, 1.54) is 0 Å². The first kappa shape index (κ1) is 13.3. The number of nitrogens with zero attached hydrogens (tertiary/aromatic N) is 3. The molecule has 0 bridgehead atoms. The standard InChI is InChI=1S/C16H13N5O2/c1-23-11-3-2-10-8-13(19-12(10)9-11)16(22)20-15-4-6-17-14-5-7-18-21(14)15/h2-9,19H,1H3,(H,20,22). The Morgan fingerprint density at radius 2 is 2.13 bits per heavy atom. The van der Waals surface area contributed by atoms with E-state index in [0.29, 0.717) is 17.2 Å². The van der Waals surface area contributed by atoms with E-state index in [4.69, 9.17) is 4.74 Å². The molecule has 23 heavy (non-hydrogen) atoms. The number of H-pyrrole nitrogens is 1. The lowest BCUT2D eigenvalue weighted by Crippen LogP contribution is -2.15. The van der Waals surface area contributed by atoms with Gasteiger partial charge in [0.2, 0.25) is 0 Å². The molecule has 4 aromatic rings. The Morgan fingerprint density at radius 3 is 3.00 bits per heavy atom. The van der Waals surface area contributed by atoms with Crippen LogP contribution in [0.5, 0.6) is 5.75 Å². The summed E-state index contributed by atoms with van der Waals surface area (Å²) in [7, 11) is 1.61. The number of aromatic amines is 1. The van der Waals surface area contributed by atoms with Crippen LogP contribution in [0.3, 0.4) is 0 Å². The van der Waals surface area contributed by atoms with Crippen LogP contribution in [-0.4, -0.2) is 32.6 Å². The summed E-state index contributed by atoms with van der Waals surface area (Å²) in [4.78, 5) is 19.7. The summed E-state index contributed by atoms with van der Waals surface area (Å²) in [5, 5.41) is 7.92. The topological polar surface area (TPSA) is 84.3 Å². The van der Waals surface area contributed by atoms with Gasteiger partial charge in [0.1, 0.15) is 17.3 Å². The normalized spacial score (nSPS) is 11.0. The molecule has 4 rings (SSSR count). The molecule has 0 fully saturated rings. The fraction of sp³-hybridized carbons (Fsp3) is 0.0625. The second-order valence-corrected chi connectivity index (χ2v) is 5.02. The first-order chi connectivity index (χ1) is 11.2. The van der Waals surface area contributed by atoms with Gasteiger partial charge in [0.15, 0.2) is 5.65 Å². The minimum atomic E-state index is -0.247. The lowest BCUT2D eigenvalue weighted by Gasteiger charge is -2.05. The predicted octanol–water partition coefficient (Wildman–Crippen LogP) is 2.47. The van der Waals surface area contributed by atoms with Crippen LogP contribution in [0.25, 0.3) is 16.6 Å². The SMILES string of the molecule is COc1ccc2cc(C(=O)Nc3ccnc4ccnn34)[nH]c2c1. The fourth-order valence-electron chi connectivity index (χ4n) is 2.47. The Kier molecular flexibility index (Phi) is 2.97. The first-order valence-electron chi connectivity index (χ1n) is 7.01. The van der Waals surface area contributed by atoms with Crippen LogP contribution < -0.4 is 10.1 Å². The number of methoxy groups -OCH3 is 1. The fourth-order valence-corrected chi connectivity index (χ4v) is 2.47. The highest BCUT2D eigenvalue weighted by Gasteiger charge is 2.12. The molecule has 0 radical (unpaired) electrons. The van der Waals surface area contributed by atoms with E-state index in [1.807, 2.05) is 18.2 Å². The Bertz CT molecular complexity index is 1020. The van der Waals surface area contributed by atoms with Crippen molar-refractivity contribution in [2.45, 2.75) is 0 Å². The summed E-state index contributed by atoms with van der Waals surface area (Å²) in [6, 6.07) is 10.9. The third kappa shape index (κ3) is 2.28. The summed E-state index contributed by atoms with van der Waals surface area (Å²) in [5.41, 5.74) is 1.98. The van der Waals surface area contributed by atoms with Crippen LogP contribution in [0.4, 0.5) is 5.82 Å². The van der Waals surface area contributed by atoms with Gasteiger partial charge >= 0.3 is 0 Å². The van der Waals surface area contributed by atoms with Gasteiger partial charge in [0, 0.05) is 29.2 Å². The van der Waals surface area contributed by atoms with E-state index in [2.05, 4.69) is 20.4 Å². The van der Waals surface area contributed by atoms with E-state index >= 15 is 0 Å². The van der Waals surface area contributed by atoms with Gasteiger partial charge in [-0.1, -0.05) is 0 Å². The van der Waals surface area contributed by atoms with E-state index in [9.17, 15) is 4.79 Å². The lowest BCUT2D eigenvalue weighted by molar-refractivity contribution is 0.102. The molecular formula is C16H13N5O2. The molecular weight excluding hydrogens is 294 g/mol. The molecule has 0 unspecified atom stereocenters. The smallest absolute Gasteiger partial charge is 0.273 e. The van der Waals surface area contributed by atoms with Crippen molar-refractivity contribution in [3.8, 4) is 5.75 Å². The van der Waals surface area contributed by atoms with Crippen LogP contribution in [0.15, 0.2) is 48.8 Å². The van der Waals surface area contributed by atoms with Crippen LogP contribution in [0, 0.1) is 0 Å². The number of amides is 1. The molecule has 3 aromatic heterocycles. The molecule has 114 valence electrons. The largest absolute Gasteiger partial charge is 0.497 e. The molecule has 0 aliphatic heterocycles. The van der Waals surface area contributed by atoms with Crippen molar-refractivity contribution in [2.75, 3.05) is 12.4 Å². The Labute approximate surface area is 130 Å². The van der Waals surface area contributed by atoms with Gasteiger partial charge in [-0.05, 0) is 24.3 Å². The molecule has 0 atom stereocenters. The molecule has 0 saturated carbocycles. The van der Waals surface area contributed by atoms with Gasteiger partial charge in [0.25, 0.3) is 5.91 Å². The highest BCUT2D eigenvalue weighted by Crippen LogP contribution is 2.21. The van der Waals surface area contributed by atoms with Crippen molar-refractivity contribution in [1.29, 1.82) is 0 Å². The molecule has 0 aliphatic carbocycles. The Hall–Kier alpha value is -3.35. The second kappa shape index (κ2) is 5.13. The van der Waals surface area contributed by atoms with Crippen LogP contribution in [-0.2, 0) is 0 Å². The van der Waals surface area contributed by atoms with Gasteiger partial charge in [-0.2, -0.15) is 9.61 Å². The van der Waals surface area contributed by atoms with Crippen molar-refractivity contribution in [2.24, 2.45) is 0 Å². The monoisotopic (exact) mass is 307 g/mol. The number of hydrogen-bond donors (Lipinski definition) is 2. The molecule has 2 N–H and O–H groups in total. The average Bonchev–Trinajstić information content (AvgIpc) is 3.21. The summed E-state index contributed by atoms with van der Waals surface area (Å²) in [6.45, 7) is 0. The zero-order valence-corrected chi connectivity index (χ0v) is 12.3. The van der Waals surface area contributed by atoms with E-state index in [1.54, 1.807) is 42.2 Å². The Balaban J connectivity index is 1.67. The highest BCUT2D eigenvalue weighted by atomic mass is 16.5. The van der Waals surface area contributed by atoms with Gasteiger partial charge in [0.05, 0.1) is 13.3 Å². The molecule has 1 amide bonds. The van der Waals surface area contributed by atoms with Crippen LogP contribution in [0.1, 0.15) is 10.5 Å². The quantitative estimate of drug-likeness (QED) is 0.609. The first-order valence-corrected chi connectivity index (χ1v) is 7.01. The van der Waals surface area contributed by atoms with E-state index in [-0.39, 0.29) is 5.91 Å². The number of aromatic nitrogens is 4. The molecule has 1 aromatic carbocycles. The second-order valence-electron chi connectivity index (χ2n) is 5.02. The summed E-state index contributed by atoms with van der Waals surface area (Å²) >= 11 is 0. The third-order valence-corrected chi connectivity index (χ3v) is 3.61. The summed E-state index contributed by atoms with van der Waals surface area (Å²) in [5.74, 6) is 1.04. The Morgan fingerprint density at radius 1 is 1.22 bits per heavy atom. The van der Waals surface area contributed by atoms with Gasteiger partial charge in [-0.15, -0.1) is 0 Å².